The van der Waals surface area contributed by atoms with E-state index in [0.717, 1.165) is 35.3 Å². The quantitative estimate of drug-likeness (QED) is 0.329. The highest BCUT2D eigenvalue weighted by Crippen LogP contribution is 2.45. The van der Waals surface area contributed by atoms with Crippen LogP contribution in [0.15, 0.2) is 72.8 Å². The molecule has 2 aliphatic carbocycles. The molecule has 0 bridgehead atoms. The highest BCUT2D eigenvalue weighted by atomic mass is 16.5. The lowest BCUT2D eigenvalue weighted by Crippen LogP contribution is -2.41. The molecule has 6 heteroatoms. The maximum Gasteiger partial charge on any atom is 0.337 e. The molecule has 4 unspecified atom stereocenters. The second kappa shape index (κ2) is 11.7. The van der Waals surface area contributed by atoms with E-state index in [1.165, 1.54) is 38.2 Å². The molecule has 0 aliphatic heterocycles. The molecule has 3 aromatic rings. The number of carboxylic acid groups (broad SMARTS) is 1. The number of hydrogen-bond donors (Lipinski definition) is 2. The number of amides is 1. The first-order valence-electron chi connectivity index (χ1n) is 13.6. The standard InChI is InChI=1S/C32H35NO5/c1-21-6-4-9-27-26(21)8-5-11-30(27)38-25-18-16-24(17-19-25)37-23-14-12-22(13-15-23)20-31(34)33-29-10-3-2-7-28(29)32(35)36/h2-3,7,10,12-19,21,26-27,30H,4-6,8-9,11,20H2,1H3,(H,33,34)(H,35,36). The normalized spacial score (nSPS) is 22.7. The molecule has 0 saturated heterocycles. The van der Waals surface area contributed by atoms with Crippen LogP contribution in [0.3, 0.4) is 0 Å². The van der Waals surface area contributed by atoms with Crippen LogP contribution in [-0.2, 0) is 11.2 Å². The molecule has 0 heterocycles. The van der Waals surface area contributed by atoms with E-state index >= 15 is 0 Å². The molecule has 1 amide bonds. The van der Waals surface area contributed by atoms with Crippen LogP contribution in [0.2, 0.25) is 0 Å². The van der Waals surface area contributed by atoms with Crippen LogP contribution < -0.4 is 14.8 Å². The average Bonchev–Trinajstić information content (AvgIpc) is 2.92. The number of carbonyl (C=O) groups is 2. The molecule has 38 heavy (non-hydrogen) atoms. The van der Waals surface area contributed by atoms with E-state index in [-0.39, 0.29) is 23.6 Å². The Morgan fingerprint density at radius 1 is 0.816 bits per heavy atom. The fourth-order valence-electron chi connectivity index (χ4n) is 6.13. The van der Waals surface area contributed by atoms with E-state index < -0.39 is 5.97 Å². The molecule has 0 radical (unpaired) electrons. The van der Waals surface area contributed by atoms with Gasteiger partial charge in [0.15, 0.2) is 0 Å². The summed E-state index contributed by atoms with van der Waals surface area (Å²) in [6, 6.07) is 21.5. The Balaban J connectivity index is 1.14. The lowest BCUT2D eigenvalue weighted by molar-refractivity contribution is -0.115. The number of hydrogen-bond acceptors (Lipinski definition) is 4. The SMILES string of the molecule is CC1CCCC2C(Oc3ccc(Oc4ccc(CC(=O)Nc5ccccc5C(=O)O)cc4)cc3)CCCC12. The number of anilines is 1. The predicted molar refractivity (Wildman–Crippen MR) is 147 cm³/mol. The van der Waals surface area contributed by atoms with Crippen molar-refractivity contribution < 1.29 is 24.2 Å². The molecule has 0 aromatic heterocycles. The molecule has 0 spiro atoms. The summed E-state index contributed by atoms with van der Waals surface area (Å²) in [5.74, 6) is 3.22. The summed E-state index contributed by atoms with van der Waals surface area (Å²) in [6.45, 7) is 2.41. The van der Waals surface area contributed by atoms with Gasteiger partial charge >= 0.3 is 5.97 Å². The third-order valence-electron chi connectivity index (χ3n) is 8.05. The summed E-state index contributed by atoms with van der Waals surface area (Å²) < 4.78 is 12.5. The molecule has 5 rings (SSSR count). The zero-order chi connectivity index (χ0) is 26.5. The van der Waals surface area contributed by atoms with Gasteiger partial charge in [0.2, 0.25) is 5.91 Å². The van der Waals surface area contributed by atoms with Gasteiger partial charge in [0.1, 0.15) is 23.4 Å². The zero-order valence-electron chi connectivity index (χ0n) is 21.8. The topological polar surface area (TPSA) is 84.9 Å². The van der Waals surface area contributed by atoms with Crippen molar-refractivity contribution in [2.45, 2.75) is 58.0 Å². The van der Waals surface area contributed by atoms with Crippen LogP contribution >= 0.6 is 0 Å². The van der Waals surface area contributed by atoms with E-state index in [4.69, 9.17) is 9.47 Å². The molecule has 2 fully saturated rings. The average molecular weight is 514 g/mol. The van der Waals surface area contributed by atoms with Crippen LogP contribution in [0.1, 0.15) is 61.4 Å². The van der Waals surface area contributed by atoms with Gasteiger partial charge in [-0.15, -0.1) is 0 Å². The molecule has 2 aliphatic rings. The minimum atomic E-state index is -1.08. The van der Waals surface area contributed by atoms with Crippen molar-refractivity contribution in [2.24, 2.45) is 17.8 Å². The zero-order valence-corrected chi connectivity index (χ0v) is 21.8. The molecule has 3 aromatic carbocycles. The fourth-order valence-corrected chi connectivity index (χ4v) is 6.13. The first-order chi connectivity index (χ1) is 18.5. The van der Waals surface area contributed by atoms with Crippen molar-refractivity contribution in [3.05, 3.63) is 83.9 Å². The minimum Gasteiger partial charge on any atom is -0.490 e. The first kappa shape index (κ1) is 25.8. The van der Waals surface area contributed by atoms with Gasteiger partial charge in [-0.3, -0.25) is 4.79 Å². The largest absolute Gasteiger partial charge is 0.490 e. The van der Waals surface area contributed by atoms with E-state index in [9.17, 15) is 14.7 Å². The number of benzene rings is 3. The van der Waals surface area contributed by atoms with Crippen LogP contribution in [0.5, 0.6) is 17.2 Å². The number of nitrogens with one attached hydrogen (secondary N) is 1. The second-order valence-corrected chi connectivity index (χ2v) is 10.6. The third-order valence-corrected chi connectivity index (χ3v) is 8.05. The van der Waals surface area contributed by atoms with E-state index in [1.54, 1.807) is 18.2 Å². The predicted octanol–water partition coefficient (Wildman–Crippen LogP) is 7.34. The van der Waals surface area contributed by atoms with Crippen molar-refractivity contribution in [1.82, 2.24) is 0 Å². The summed E-state index contributed by atoms with van der Waals surface area (Å²) in [6.07, 6.45) is 8.14. The first-order valence-corrected chi connectivity index (χ1v) is 13.6. The van der Waals surface area contributed by atoms with Crippen molar-refractivity contribution >= 4 is 17.6 Å². The summed E-state index contributed by atoms with van der Waals surface area (Å²) in [7, 11) is 0. The third kappa shape index (κ3) is 6.18. The summed E-state index contributed by atoms with van der Waals surface area (Å²) in [4.78, 5) is 23.8. The number of fused-ring (bicyclic) bond motifs is 1. The molecular weight excluding hydrogens is 478 g/mol. The van der Waals surface area contributed by atoms with E-state index in [2.05, 4.69) is 12.2 Å². The number of rotatable bonds is 8. The Labute approximate surface area is 224 Å². The molecule has 4 atom stereocenters. The van der Waals surface area contributed by atoms with Gasteiger partial charge in [0.25, 0.3) is 0 Å². The Bertz CT molecular complexity index is 1250. The summed E-state index contributed by atoms with van der Waals surface area (Å²) in [5, 5.41) is 12.0. The maximum atomic E-state index is 12.5. The Morgan fingerprint density at radius 3 is 2.18 bits per heavy atom. The van der Waals surface area contributed by atoms with Crippen LogP contribution in [-0.4, -0.2) is 23.1 Å². The number of ether oxygens (including phenoxy) is 2. The van der Waals surface area contributed by atoms with Gasteiger partial charge in [0.05, 0.1) is 17.7 Å². The molecular formula is C32H35NO5. The number of aromatic carboxylic acids is 1. The van der Waals surface area contributed by atoms with Gasteiger partial charge in [-0.2, -0.15) is 0 Å². The lowest BCUT2D eigenvalue weighted by Gasteiger charge is -2.44. The van der Waals surface area contributed by atoms with Crippen LogP contribution in [0, 0.1) is 17.8 Å². The highest BCUT2D eigenvalue weighted by Gasteiger charge is 2.39. The van der Waals surface area contributed by atoms with Crippen molar-refractivity contribution in [2.75, 3.05) is 5.32 Å². The van der Waals surface area contributed by atoms with Crippen molar-refractivity contribution in [3.8, 4) is 17.2 Å². The number of carbonyl (C=O) groups excluding carboxylic acids is 1. The monoisotopic (exact) mass is 513 g/mol. The maximum absolute atomic E-state index is 12.5. The Kier molecular flexibility index (Phi) is 7.97. The lowest BCUT2D eigenvalue weighted by atomic mass is 9.65. The van der Waals surface area contributed by atoms with Gasteiger partial charge < -0.3 is 19.9 Å². The highest BCUT2D eigenvalue weighted by molar-refractivity contribution is 6.01. The van der Waals surface area contributed by atoms with Gasteiger partial charge in [-0.25, -0.2) is 4.79 Å². The smallest absolute Gasteiger partial charge is 0.337 e. The van der Waals surface area contributed by atoms with Crippen molar-refractivity contribution in [1.29, 1.82) is 0 Å². The second-order valence-electron chi connectivity index (χ2n) is 10.6. The Morgan fingerprint density at radius 2 is 1.45 bits per heavy atom. The van der Waals surface area contributed by atoms with E-state index in [0.29, 0.717) is 17.8 Å². The van der Waals surface area contributed by atoms with Gasteiger partial charge in [0, 0.05) is 0 Å². The molecule has 2 saturated carbocycles. The van der Waals surface area contributed by atoms with Crippen molar-refractivity contribution in [3.63, 3.8) is 0 Å². The molecule has 2 N–H and O–H groups in total. The number of carboxylic acids is 1. The van der Waals surface area contributed by atoms with Gasteiger partial charge in [-0.1, -0.05) is 44.0 Å². The van der Waals surface area contributed by atoms with Gasteiger partial charge in [-0.05, 0) is 97.5 Å². The minimum absolute atomic E-state index is 0.0625. The number of para-hydroxylation sites is 1. The van der Waals surface area contributed by atoms with Crippen LogP contribution in [0.4, 0.5) is 5.69 Å². The Hall–Kier alpha value is -3.80. The van der Waals surface area contributed by atoms with Crippen LogP contribution in [0.25, 0.3) is 0 Å². The fraction of sp³-hybridized carbons (Fsp3) is 0.375. The molecule has 6 nitrogen and oxygen atoms in total. The summed E-state index contributed by atoms with van der Waals surface area (Å²) in [5.41, 5.74) is 1.15. The summed E-state index contributed by atoms with van der Waals surface area (Å²) >= 11 is 0. The van der Waals surface area contributed by atoms with E-state index in [1.807, 2.05) is 48.5 Å². The molecule has 198 valence electrons.